The van der Waals surface area contributed by atoms with Crippen molar-refractivity contribution in [3.8, 4) is 11.1 Å². The molecule has 2 atom stereocenters. The molecule has 31 heavy (non-hydrogen) atoms. The summed E-state index contributed by atoms with van der Waals surface area (Å²) in [5.41, 5.74) is 10.2. The largest absolute Gasteiger partial charge is 0.383 e. The molecule has 8 heteroatoms. The van der Waals surface area contributed by atoms with E-state index >= 15 is 0 Å². The van der Waals surface area contributed by atoms with E-state index in [9.17, 15) is 4.79 Å². The highest BCUT2D eigenvalue weighted by molar-refractivity contribution is 5.86. The van der Waals surface area contributed by atoms with E-state index in [4.69, 9.17) is 10.7 Å². The second-order valence-corrected chi connectivity index (χ2v) is 8.60. The molecule has 0 spiro atoms. The Bertz CT molecular complexity index is 1360. The summed E-state index contributed by atoms with van der Waals surface area (Å²) in [4.78, 5) is 24.5. The topological polar surface area (TPSA) is 94.9 Å². The lowest BCUT2D eigenvalue weighted by molar-refractivity contribution is 0.280. The molecule has 2 aliphatic rings. The monoisotopic (exact) mass is 413 g/mol. The average Bonchev–Trinajstić information content (AvgIpc) is 3.16. The summed E-state index contributed by atoms with van der Waals surface area (Å²) in [6, 6.07) is 14.0. The maximum absolute atomic E-state index is 12.9. The number of aryl methyl sites for hydroxylation is 1. The molecule has 3 aromatic heterocycles. The maximum Gasteiger partial charge on any atom is 0.251 e. The summed E-state index contributed by atoms with van der Waals surface area (Å²) < 4.78 is 3.69. The van der Waals surface area contributed by atoms with E-state index < -0.39 is 0 Å². The van der Waals surface area contributed by atoms with Gasteiger partial charge in [0.2, 0.25) is 5.95 Å². The van der Waals surface area contributed by atoms with Crippen molar-refractivity contribution in [1.29, 1.82) is 0 Å². The number of hydrogen-bond donors (Lipinski definition) is 1. The van der Waals surface area contributed by atoms with Gasteiger partial charge in [-0.15, -0.1) is 0 Å². The molecule has 0 unspecified atom stereocenters. The molecule has 1 aromatic carbocycles. The van der Waals surface area contributed by atoms with E-state index in [-0.39, 0.29) is 11.5 Å². The number of nitrogen functional groups attached to an aromatic ring is 1. The molecule has 1 fully saturated rings. The second-order valence-electron chi connectivity index (χ2n) is 8.60. The summed E-state index contributed by atoms with van der Waals surface area (Å²) in [5, 5.41) is 5.03. The fourth-order valence-corrected chi connectivity index (χ4v) is 5.09. The van der Waals surface area contributed by atoms with E-state index in [1.54, 1.807) is 16.9 Å². The van der Waals surface area contributed by atoms with Crippen molar-refractivity contribution in [3.05, 3.63) is 64.7 Å². The molecular weight excluding hydrogens is 390 g/mol. The van der Waals surface area contributed by atoms with Crippen LogP contribution in [0.4, 0.5) is 11.8 Å². The molecule has 0 aliphatic carbocycles. The van der Waals surface area contributed by atoms with E-state index in [1.165, 1.54) is 0 Å². The zero-order valence-corrected chi connectivity index (χ0v) is 17.3. The minimum atomic E-state index is 0.0799. The van der Waals surface area contributed by atoms with Crippen LogP contribution in [-0.4, -0.2) is 37.4 Å². The van der Waals surface area contributed by atoms with Crippen LogP contribution in [-0.2, 0) is 13.6 Å². The van der Waals surface area contributed by atoms with Gasteiger partial charge in [0.05, 0.1) is 11.6 Å². The molecule has 6 rings (SSSR count). The SMILES string of the molecule is Cn1ncc2c(N)nc(N3C[C@@H]4C[C@H](C3)c3cc(-c5ccccc5)cc(=O)n3C4)nc21. The molecule has 0 radical (unpaired) electrons. The zero-order chi connectivity index (χ0) is 21.1. The van der Waals surface area contributed by atoms with Crippen LogP contribution in [0.2, 0.25) is 0 Å². The first-order valence-corrected chi connectivity index (χ1v) is 10.6. The average molecular weight is 413 g/mol. The number of pyridine rings is 1. The van der Waals surface area contributed by atoms with Gasteiger partial charge in [-0.1, -0.05) is 30.3 Å². The van der Waals surface area contributed by atoms with E-state index in [2.05, 4.69) is 21.0 Å². The fourth-order valence-electron chi connectivity index (χ4n) is 5.09. The number of rotatable bonds is 2. The van der Waals surface area contributed by atoms with Crippen molar-refractivity contribution in [3.63, 3.8) is 0 Å². The lowest BCUT2D eigenvalue weighted by atomic mass is 9.82. The van der Waals surface area contributed by atoms with Crippen LogP contribution in [0.15, 0.2) is 53.5 Å². The molecule has 2 bridgehead atoms. The van der Waals surface area contributed by atoms with E-state index in [0.29, 0.717) is 17.7 Å². The van der Waals surface area contributed by atoms with Crippen molar-refractivity contribution < 1.29 is 0 Å². The predicted octanol–water partition coefficient (Wildman–Crippen LogP) is 2.40. The quantitative estimate of drug-likeness (QED) is 0.542. The van der Waals surface area contributed by atoms with Crippen LogP contribution >= 0.6 is 0 Å². The van der Waals surface area contributed by atoms with E-state index in [0.717, 1.165) is 53.9 Å². The van der Waals surface area contributed by atoms with Gasteiger partial charge in [0, 0.05) is 44.4 Å². The molecular formula is C23H23N7O. The second kappa shape index (κ2) is 6.66. The van der Waals surface area contributed by atoms with Crippen LogP contribution in [0.25, 0.3) is 22.2 Å². The standard InChI is InChI=1S/C23H23N7O/c1-28-22-18(10-25-28)21(24)26-23(27-22)29-11-14-7-17(13-29)19-8-16(9-20(31)30(19)12-14)15-5-3-2-4-6-15/h2-6,8-10,14,17H,7,11-13H2,1H3,(H2,24,26,27)/t14-,17+/m0/s1. The molecule has 2 N–H and O–H groups in total. The Balaban J connectivity index is 1.40. The molecule has 8 nitrogen and oxygen atoms in total. The Hall–Kier alpha value is -3.68. The first kappa shape index (κ1) is 18.1. The minimum Gasteiger partial charge on any atom is -0.383 e. The van der Waals surface area contributed by atoms with Crippen molar-refractivity contribution in [2.45, 2.75) is 18.9 Å². The summed E-state index contributed by atoms with van der Waals surface area (Å²) in [7, 11) is 1.86. The molecule has 0 amide bonds. The van der Waals surface area contributed by atoms with Crippen molar-refractivity contribution in [2.75, 3.05) is 23.7 Å². The van der Waals surface area contributed by atoms with Gasteiger partial charge in [0.1, 0.15) is 5.82 Å². The van der Waals surface area contributed by atoms with Crippen LogP contribution in [0.3, 0.4) is 0 Å². The van der Waals surface area contributed by atoms with E-state index in [1.807, 2.05) is 41.9 Å². The molecule has 1 saturated heterocycles. The third-order valence-electron chi connectivity index (χ3n) is 6.56. The summed E-state index contributed by atoms with van der Waals surface area (Å²) in [5.74, 6) is 1.71. The molecule has 156 valence electrons. The highest BCUT2D eigenvalue weighted by atomic mass is 16.1. The minimum absolute atomic E-state index is 0.0799. The summed E-state index contributed by atoms with van der Waals surface area (Å²) >= 11 is 0. The van der Waals surface area contributed by atoms with Crippen LogP contribution in [0.1, 0.15) is 18.0 Å². The number of nitrogens with two attached hydrogens (primary N) is 1. The van der Waals surface area contributed by atoms with Gasteiger partial charge in [-0.25, -0.2) is 0 Å². The van der Waals surface area contributed by atoms with Gasteiger partial charge in [-0.05, 0) is 29.5 Å². The summed E-state index contributed by atoms with van der Waals surface area (Å²) in [6.45, 7) is 2.29. The highest BCUT2D eigenvalue weighted by Gasteiger charge is 2.36. The van der Waals surface area contributed by atoms with Crippen LogP contribution in [0, 0.1) is 5.92 Å². The van der Waals surface area contributed by atoms with Crippen molar-refractivity contribution in [2.24, 2.45) is 13.0 Å². The number of aromatic nitrogens is 5. The lowest BCUT2D eigenvalue weighted by Gasteiger charge is -2.43. The number of hydrogen-bond acceptors (Lipinski definition) is 6. The van der Waals surface area contributed by atoms with Gasteiger partial charge in [-0.2, -0.15) is 15.1 Å². The van der Waals surface area contributed by atoms with Gasteiger partial charge in [0.15, 0.2) is 5.65 Å². The Labute approximate surface area is 179 Å². The van der Waals surface area contributed by atoms with Gasteiger partial charge in [-0.3, -0.25) is 9.48 Å². The van der Waals surface area contributed by atoms with Gasteiger partial charge >= 0.3 is 0 Å². The van der Waals surface area contributed by atoms with Crippen molar-refractivity contribution >= 4 is 22.8 Å². The van der Waals surface area contributed by atoms with Crippen LogP contribution < -0.4 is 16.2 Å². The Morgan fingerprint density at radius 3 is 2.71 bits per heavy atom. The Morgan fingerprint density at radius 1 is 1.03 bits per heavy atom. The van der Waals surface area contributed by atoms with Crippen molar-refractivity contribution in [1.82, 2.24) is 24.3 Å². The third-order valence-corrected chi connectivity index (χ3v) is 6.56. The Kier molecular flexibility index (Phi) is 3.89. The summed E-state index contributed by atoms with van der Waals surface area (Å²) in [6.07, 6.45) is 2.77. The number of fused-ring (bicyclic) bond motifs is 5. The molecule has 4 aromatic rings. The first-order chi connectivity index (χ1) is 15.1. The number of nitrogens with zero attached hydrogens (tertiary/aromatic N) is 6. The third kappa shape index (κ3) is 2.90. The smallest absolute Gasteiger partial charge is 0.251 e. The number of piperidine rings is 1. The Morgan fingerprint density at radius 2 is 1.87 bits per heavy atom. The van der Waals surface area contributed by atoms with Gasteiger partial charge < -0.3 is 15.2 Å². The number of benzene rings is 1. The highest BCUT2D eigenvalue weighted by Crippen LogP contribution is 2.38. The van der Waals surface area contributed by atoms with Crippen LogP contribution in [0.5, 0.6) is 0 Å². The normalized spacial score (nSPS) is 20.1. The molecule has 5 heterocycles. The van der Waals surface area contributed by atoms with Gasteiger partial charge in [0.25, 0.3) is 5.56 Å². The molecule has 2 aliphatic heterocycles. The zero-order valence-electron chi connectivity index (χ0n) is 17.3. The fraction of sp³-hybridized carbons (Fsp3) is 0.304. The molecule has 0 saturated carbocycles. The maximum atomic E-state index is 12.9. The predicted molar refractivity (Wildman–Crippen MR) is 120 cm³/mol. The number of anilines is 2. The lowest BCUT2D eigenvalue weighted by Crippen LogP contribution is -2.47. The first-order valence-electron chi connectivity index (χ1n) is 10.6.